The summed E-state index contributed by atoms with van der Waals surface area (Å²) >= 11 is 2.45. The highest BCUT2D eigenvalue weighted by Gasteiger charge is 2.19. The van der Waals surface area contributed by atoms with E-state index in [0.29, 0.717) is 0 Å². The van der Waals surface area contributed by atoms with Crippen LogP contribution in [-0.4, -0.2) is 11.4 Å². The van der Waals surface area contributed by atoms with E-state index in [9.17, 15) is 0 Å². The van der Waals surface area contributed by atoms with Crippen LogP contribution in [0, 0.1) is 10.5 Å². The molecule has 0 saturated carbocycles. The Labute approximate surface area is 128 Å². The summed E-state index contributed by atoms with van der Waals surface area (Å²) in [6.45, 7) is 5.51. The van der Waals surface area contributed by atoms with Crippen molar-refractivity contribution in [1.82, 2.24) is 4.90 Å². The fourth-order valence-electron chi connectivity index (χ4n) is 2.65. The topological polar surface area (TPSA) is 3.24 Å². The van der Waals surface area contributed by atoms with E-state index >= 15 is 0 Å². The number of nitrogens with zero attached hydrogens (tertiary/aromatic N) is 1. The minimum atomic E-state index is 1.11. The molecule has 1 aliphatic heterocycles. The molecule has 0 fully saturated rings. The molecule has 0 N–H and O–H groups in total. The average Bonchev–Trinajstić information content (AvgIpc) is 2.83. The Morgan fingerprint density at radius 3 is 2.58 bits per heavy atom. The molecule has 0 spiro atoms. The summed E-state index contributed by atoms with van der Waals surface area (Å²) in [7, 11) is 0. The van der Waals surface area contributed by atoms with Gasteiger partial charge in [0, 0.05) is 23.2 Å². The molecule has 98 valence electrons. The Hall–Kier alpha value is -0.870. The smallest absolute Gasteiger partial charge is 0.0251 e. The molecule has 0 aromatic heterocycles. The molecule has 0 saturated heterocycles. The zero-order valence-electron chi connectivity index (χ0n) is 11.2. The summed E-state index contributed by atoms with van der Waals surface area (Å²) in [4.78, 5) is 2.55. The third kappa shape index (κ3) is 3.00. The highest BCUT2D eigenvalue weighted by atomic mass is 127. The highest BCUT2D eigenvalue weighted by molar-refractivity contribution is 14.1. The molecule has 2 heteroatoms. The van der Waals surface area contributed by atoms with Gasteiger partial charge in [0.05, 0.1) is 0 Å². The van der Waals surface area contributed by atoms with E-state index in [2.05, 4.69) is 76.9 Å². The average molecular weight is 363 g/mol. The predicted octanol–water partition coefficient (Wildman–Crippen LogP) is 4.16. The van der Waals surface area contributed by atoms with E-state index in [1.807, 2.05) is 0 Å². The molecular weight excluding hydrogens is 345 g/mol. The Morgan fingerprint density at radius 1 is 1.05 bits per heavy atom. The standard InChI is InChI=1S/C17H18IN/c1-13-5-7-14(8-6-13)9-10-19-11-15-3-2-4-17(18)16(15)12-19/h2-8H,9-12H2,1H3. The zero-order valence-corrected chi connectivity index (χ0v) is 13.4. The number of fused-ring (bicyclic) bond motifs is 1. The van der Waals surface area contributed by atoms with Gasteiger partial charge in [0.25, 0.3) is 0 Å². The first kappa shape index (κ1) is 13.1. The van der Waals surface area contributed by atoms with E-state index in [-0.39, 0.29) is 0 Å². The van der Waals surface area contributed by atoms with Crippen LogP contribution in [0.4, 0.5) is 0 Å². The summed E-state index contributed by atoms with van der Waals surface area (Å²) in [5, 5.41) is 0. The molecule has 0 bridgehead atoms. The molecule has 19 heavy (non-hydrogen) atoms. The van der Waals surface area contributed by atoms with Gasteiger partial charge in [0.1, 0.15) is 0 Å². The lowest BCUT2D eigenvalue weighted by atomic mass is 10.1. The second kappa shape index (κ2) is 5.63. The van der Waals surface area contributed by atoms with Gasteiger partial charge < -0.3 is 0 Å². The molecular formula is C17H18IN. The molecule has 0 amide bonds. The fourth-order valence-corrected chi connectivity index (χ4v) is 3.37. The first-order valence-electron chi connectivity index (χ1n) is 6.76. The summed E-state index contributed by atoms with van der Waals surface area (Å²) in [6.07, 6.45) is 1.14. The van der Waals surface area contributed by atoms with Crippen molar-refractivity contribution in [2.24, 2.45) is 0 Å². The molecule has 0 unspecified atom stereocenters. The summed E-state index contributed by atoms with van der Waals surface area (Å²) in [5.74, 6) is 0. The molecule has 1 nitrogen and oxygen atoms in total. The first-order chi connectivity index (χ1) is 9.22. The van der Waals surface area contributed by atoms with Crippen molar-refractivity contribution in [3.63, 3.8) is 0 Å². The lowest BCUT2D eigenvalue weighted by molar-refractivity contribution is 0.288. The second-order valence-electron chi connectivity index (χ2n) is 5.32. The Bertz CT molecular complexity index is 574. The van der Waals surface area contributed by atoms with Gasteiger partial charge in [-0.05, 0) is 58.7 Å². The monoisotopic (exact) mass is 363 g/mol. The SMILES string of the molecule is Cc1ccc(CCN2Cc3cccc(I)c3C2)cc1. The Morgan fingerprint density at radius 2 is 1.84 bits per heavy atom. The van der Waals surface area contributed by atoms with Crippen LogP contribution in [0.25, 0.3) is 0 Å². The summed E-state index contributed by atoms with van der Waals surface area (Å²) < 4.78 is 1.41. The van der Waals surface area contributed by atoms with Gasteiger partial charge in [-0.25, -0.2) is 0 Å². The molecule has 1 heterocycles. The third-order valence-electron chi connectivity index (χ3n) is 3.83. The zero-order chi connectivity index (χ0) is 13.2. The van der Waals surface area contributed by atoms with Gasteiger partial charge in [-0.15, -0.1) is 0 Å². The van der Waals surface area contributed by atoms with Gasteiger partial charge in [-0.2, -0.15) is 0 Å². The predicted molar refractivity (Wildman–Crippen MR) is 88.2 cm³/mol. The quantitative estimate of drug-likeness (QED) is 0.741. The third-order valence-corrected chi connectivity index (χ3v) is 4.84. The number of hydrogen-bond donors (Lipinski definition) is 0. The number of halogens is 1. The van der Waals surface area contributed by atoms with Crippen molar-refractivity contribution in [2.75, 3.05) is 6.54 Å². The van der Waals surface area contributed by atoms with Crippen LogP contribution in [0.2, 0.25) is 0 Å². The molecule has 0 atom stereocenters. The van der Waals surface area contributed by atoms with Crippen molar-refractivity contribution in [3.8, 4) is 0 Å². The lowest BCUT2D eigenvalue weighted by Gasteiger charge is -2.14. The van der Waals surface area contributed by atoms with E-state index in [1.54, 1.807) is 0 Å². The molecule has 3 rings (SSSR count). The normalized spacial score (nSPS) is 14.6. The number of benzene rings is 2. The molecule has 0 aliphatic carbocycles. The van der Waals surface area contributed by atoms with E-state index < -0.39 is 0 Å². The van der Waals surface area contributed by atoms with Gasteiger partial charge in [-0.3, -0.25) is 4.90 Å². The van der Waals surface area contributed by atoms with E-state index in [1.165, 1.54) is 25.8 Å². The maximum absolute atomic E-state index is 2.55. The highest BCUT2D eigenvalue weighted by Crippen LogP contribution is 2.26. The van der Waals surface area contributed by atoms with Crippen molar-refractivity contribution in [2.45, 2.75) is 26.4 Å². The van der Waals surface area contributed by atoms with Crippen LogP contribution in [0.15, 0.2) is 42.5 Å². The summed E-state index contributed by atoms with van der Waals surface area (Å²) in [5.41, 5.74) is 5.82. The molecule has 0 radical (unpaired) electrons. The number of aryl methyl sites for hydroxylation is 1. The summed E-state index contributed by atoms with van der Waals surface area (Å²) in [6, 6.07) is 15.6. The van der Waals surface area contributed by atoms with Crippen molar-refractivity contribution in [1.29, 1.82) is 0 Å². The van der Waals surface area contributed by atoms with E-state index in [0.717, 1.165) is 26.1 Å². The van der Waals surface area contributed by atoms with Crippen LogP contribution < -0.4 is 0 Å². The Balaban J connectivity index is 1.62. The van der Waals surface area contributed by atoms with Gasteiger partial charge in [0.2, 0.25) is 0 Å². The van der Waals surface area contributed by atoms with Crippen LogP contribution in [0.1, 0.15) is 22.3 Å². The maximum Gasteiger partial charge on any atom is 0.0251 e. The number of hydrogen-bond acceptors (Lipinski definition) is 1. The lowest BCUT2D eigenvalue weighted by Crippen LogP contribution is -2.19. The fraction of sp³-hybridized carbons (Fsp3) is 0.294. The van der Waals surface area contributed by atoms with Gasteiger partial charge >= 0.3 is 0 Å². The van der Waals surface area contributed by atoms with Crippen LogP contribution in [0.5, 0.6) is 0 Å². The molecule has 2 aromatic rings. The minimum absolute atomic E-state index is 1.11. The first-order valence-corrected chi connectivity index (χ1v) is 7.84. The van der Waals surface area contributed by atoms with Gasteiger partial charge in [0.15, 0.2) is 0 Å². The molecule has 1 aliphatic rings. The van der Waals surface area contributed by atoms with Crippen LogP contribution >= 0.6 is 22.6 Å². The van der Waals surface area contributed by atoms with Crippen LogP contribution in [-0.2, 0) is 19.5 Å². The van der Waals surface area contributed by atoms with Crippen molar-refractivity contribution >= 4 is 22.6 Å². The minimum Gasteiger partial charge on any atom is -0.294 e. The largest absolute Gasteiger partial charge is 0.294 e. The van der Waals surface area contributed by atoms with Crippen LogP contribution in [0.3, 0.4) is 0 Å². The number of rotatable bonds is 3. The van der Waals surface area contributed by atoms with E-state index in [4.69, 9.17) is 0 Å². The van der Waals surface area contributed by atoms with Crippen molar-refractivity contribution < 1.29 is 0 Å². The van der Waals surface area contributed by atoms with Gasteiger partial charge in [-0.1, -0.05) is 42.0 Å². The second-order valence-corrected chi connectivity index (χ2v) is 6.49. The molecule has 2 aromatic carbocycles. The maximum atomic E-state index is 2.55. The Kier molecular flexibility index (Phi) is 3.89. The van der Waals surface area contributed by atoms with Crippen molar-refractivity contribution in [3.05, 3.63) is 68.3 Å².